The number of ether oxygens (including phenoxy) is 2. The van der Waals surface area contributed by atoms with Gasteiger partial charge in [0.15, 0.2) is 0 Å². The highest BCUT2D eigenvalue weighted by Gasteiger charge is 2.42. The van der Waals surface area contributed by atoms with E-state index in [1.54, 1.807) is 19.2 Å². The maximum Gasteiger partial charge on any atom is 0.259 e. The summed E-state index contributed by atoms with van der Waals surface area (Å²) < 4.78 is 11.1. The lowest BCUT2D eigenvalue weighted by Crippen LogP contribution is -2.29. The number of benzene rings is 2. The predicted octanol–water partition coefficient (Wildman–Crippen LogP) is 3.56. The number of nitrogens with one attached hydrogen (secondary N) is 1. The van der Waals surface area contributed by atoms with Crippen LogP contribution in [0.2, 0.25) is 0 Å². The molecule has 136 valence electrons. The summed E-state index contributed by atoms with van der Waals surface area (Å²) in [5.41, 5.74) is 1.25. The Bertz CT molecular complexity index is 771. The Labute approximate surface area is 153 Å². The van der Waals surface area contributed by atoms with Crippen molar-refractivity contribution in [3.63, 3.8) is 0 Å². The summed E-state index contributed by atoms with van der Waals surface area (Å²) in [7, 11) is 1.56. The Morgan fingerprint density at radius 2 is 1.92 bits per heavy atom. The molecule has 0 aromatic heterocycles. The summed E-state index contributed by atoms with van der Waals surface area (Å²) in [6, 6.07) is 16.1. The van der Waals surface area contributed by atoms with Gasteiger partial charge in [0.2, 0.25) is 0 Å². The van der Waals surface area contributed by atoms with Crippen molar-refractivity contribution in [1.82, 2.24) is 4.90 Å². The fourth-order valence-corrected chi connectivity index (χ4v) is 3.37. The number of anilines is 1. The van der Waals surface area contributed by atoms with Gasteiger partial charge in [-0.15, -0.1) is 0 Å². The topological polar surface area (TPSA) is 50.6 Å². The quantitative estimate of drug-likeness (QED) is 0.774. The van der Waals surface area contributed by atoms with Gasteiger partial charge in [0.05, 0.1) is 18.7 Å². The van der Waals surface area contributed by atoms with Crippen molar-refractivity contribution in [2.45, 2.75) is 31.3 Å². The molecule has 1 heterocycles. The zero-order valence-electron chi connectivity index (χ0n) is 15.0. The molecular formula is C21H24N2O3. The van der Waals surface area contributed by atoms with Gasteiger partial charge in [0.1, 0.15) is 18.1 Å². The summed E-state index contributed by atoms with van der Waals surface area (Å²) in [6.45, 7) is 1.90. The molecule has 5 nitrogen and oxygen atoms in total. The van der Waals surface area contributed by atoms with E-state index in [1.807, 2.05) is 36.4 Å². The Balaban J connectivity index is 1.29. The zero-order chi connectivity index (χ0) is 17.9. The highest BCUT2D eigenvalue weighted by atomic mass is 16.5. The lowest BCUT2D eigenvalue weighted by Gasteiger charge is -2.27. The van der Waals surface area contributed by atoms with E-state index in [2.05, 4.69) is 10.2 Å². The molecule has 0 radical (unpaired) electrons. The van der Waals surface area contributed by atoms with E-state index in [1.165, 1.54) is 19.3 Å². The van der Waals surface area contributed by atoms with E-state index in [-0.39, 0.29) is 5.91 Å². The number of carbonyl (C=O) groups excluding carboxylic acids is 1. The second kappa shape index (κ2) is 7.38. The minimum atomic E-state index is -0.190. The second-order valence-corrected chi connectivity index (χ2v) is 6.93. The van der Waals surface area contributed by atoms with Crippen LogP contribution >= 0.6 is 0 Å². The number of nitrogens with zero attached hydrogens (tertiary/aromatic N) is 1. The van der Waals surface area contributed by atoms with Gasteiger partial charge < -0.3 is 14.8 Å². The van der Waals surface area contributed by atoms with Crippen molar-refractivity contribution < 1.29 is 14.3 Å². The van der Waals surface area contributed by atoms with Gasteiger partial charge in [-0.25, -0.2) is 0 Å². The molecule has 2 fully saturated rings. The summed E-state index contributed by atoms with van der Waals surface area (Å²) in [5.74, 6) is 1.20. The first-order chi connectivity index (χ1) is 12.7. The highest BCUT2D eigenvalue weighted by Crippen LogP contribution is 2.33. The monoisotopic (exact) mass is 352 g/mol. The van der Waals surface area contributed by atoms with Gasteiger partial charge in [0, 0.05) is 18.3 Å². The Kier molecular flexibility index (Phi) is 4.80. The molecule has 26 heavy (non-hydrogen) atoms. The highest BCUT2D eigenvalue weighted by molar-refractivity contribution is 6.06. The van der Waals surface area contributed by atoms with Crippen LogP contribution in [0.3, 0.4) is 0 Å². The third-order valence-electron chi connectivity index (χ3n) is 5.21. The number of para-hydroxylation sites is 1. The van der Waals surface area contributed by atoms with Crippen LogP contribution in [0, 0.1) is 0 Å². The van der Waals surface area contributed by atoms with Gasteiger partial charge in [-0.3, -0.25) is 9.69 Å². The van der Waals surface area contributed by atoms with Crippen molar-refractivity contribution in [3.05, 3.63) is 54.1 Å². The fraction of sp³-hybridized carbons (Fsp3) is 0.381. The molecule has 0 spiro atoms. The van der Waals surface area contributed by atoms with Crippen molar-refractivity contribution >= 4 is 11.6 Å². The lowest BCUT2D eigenvalue weighted by molar-refractivity contribution is 0.102. The van der Waals surface area contributed by atoms with Gasteiger partial charge in [-0.2, -0.15) is 0 Å². The average Bonchev–Trinajstić information content (AvgIpc) is 3.38. The first-order valence-corrected chi connectivity index (χ1v) is 9.17. The number of methoxy groups -OCH3 is 1. The van der Waals surface area contributed by atoms with Crippen molar-refractivity contribution in [2.75, 3.05) is 25.6 Å². The van der Waals surface area contributed by atoms with Crippen LogP contribution in [-0.2, 0) is 0 Å². The molecule has 1 aliphatic carbocycles. The fourth-order valence-electron chi connectivity index (χ4n) is 3.37. The summed E-state index contributed by atoms with van der Waals surface area (Å²) >= 11 is 0. The third-order valence-corrected chi connectivity index (χ3v) is 5.21. The van der Waals surface area contributed by atoms with Crippen LogP contribution in [0.4, 0.5) is 5.69 Å². The van der Waals surface area contributed by atoms with Gasteiger partial charge in [-0.05, 0) is 49.2 Å². The van der Waals surface area contributed by atoms with Crippen molar-refractivity contribution in [3.8, 4) is 11.5 Å². The van der Waals surface area contributed by atoms with Crippen LogP contribution in [0.5, 0.6) is 11.5 Å². The average molecular weight is 352 g/mol. The van der Waals surface area contributed by atoms with E-state index < -0.39 is 0 Å². The molecule has 1 saturated carbocycles. The SMILES string of the molecule is COc1ccccc1C(=O)Nc1ccc(OCC2CN2C2CCC2)cc1. The first kappa shape index (κ1) is 16.9. The van der Waals surface area contributed by atoms with E-state index in [4.69, 9.17) is 9.47 Å². The molecule has 2 aromatic rings. The predicted molar refractivity (Wildman–Crippen MR) is 101 cm³/mol. The Morgan fingerprint density at radius 3 is 2.62 bits per heavy atom. The summed E-state index contributed by atoms with van der Waals surface area (Å²) in [4.78, 5) is 14.9. The molecule has 1 amide bonds. The van der Waals surface area contributed by atoms with E-state index >= 15 is 0 Å². The number of hydrogen-bond donors (Lipinski definition) is 1. The number of rotatable bonds is 7. The second-order valence-electron chi connectivity index (χ2n) is 6.93. The van der Waals surface area contributed by atoms with E-state index in [0.717, 1.165) is 30.6 Å². The third kappa shape index (κ3) is 3.68. The van der Waals surface area contributed by atoms with Crippen LogP contribution in [-0.4, -0.2) is 43.2 Å². The van der Waals surface area contributed by atoms with Crippen LogP contribution in [0.1, 0.15) is 29.6 Å². The normalized spacial score (nSPS) is 21.6. The van der Waals surface area contributed by atoms with Gasteiger partial charge in [-0.1, -0.05) is 18.6 Å². The maximum absolute atomic E-state index is 12.4. The van der Waals surface area contributed by atoms with Crippen molar-refractivity contribution in [1.29, 1.82) is 0 Å². The number of carbonyl (C=O) groups is 1. The minimum Gasteiger partial charge on any atom is -0.496 e. The van der Waals surface area contributed by atoms with Gasteiger partial charge >= 0.3 is 0 Å². The number of hydrogen-bond acceptors (Lipinski definition) is 4. The molecule has 5 heteroatoms. The van der Waals surface area contributed by atoms with Gasteiger partial charge in [0.25, 0.3) is 5.91 Å². The van der Waals surface area contributed by atoms with Crippen molar-refractivity contribution in [2.24, 2.45) is 0 Å². The molecule has 1 saturated heterocycles. The Hall–Kier alpha value is -2.53. The van der Waals surface area contributed by atoms with Crippen LogP contribution in [0.15, 0.2) is 48.5 Å². The molecule has 1 N–H and O–H groups in total. The first-order valence-electron chi connectivity index (χ1n) is 9.17. The Morgan fingerprint density at radius 1 is 1.15 bits per heavy atom. The smallest absolute Gasteiger partial charge is 0.259 e. The molecule has 2 atom stereocenters. The lowest BCUT2D eigenvalue weighted by atomic mass is 9.93. The molecule has 2 unspecified atom stereocenters. The molecule has 2 aromatic carbocycles. The molecule has 4 rings (SSSR count). The molecule has 1 aliphatic heterocycles. The van der Waals surface area contributed by atoms with E-state index in [9.17, 15) is 4.79 Å². The maximum atomic E-state index is 12.4. The summed E-state index contributed by atoms with van der Waals surface area (Å²) in [5, 5.41) is 2.89. The van der Waals surface area contributed by atoms with E-state index in [0.29, 0.717) is 17.4 Å². The zero-order valence-corrected chi connectivity index (χ0v) is 15.0. The largest absolute Gasteiger partial charge is 0.496 e. The minimum absolute atomic E-state index is 0.190. The standard InChI is InChI=1S/C21H24N2O3/c1-25-20-8-3-2-7-19(20)21(24)22-15-9-11-18(12-10-15)26-14-17-13-23(17)16-5-4-6-16/h2-3,7-12,16-17H,4-6,13-14H2,1H3,(H,22,24). The summed E-state index contributed by atoms with van der Waals surface area (Å²) in [6.07, 6.45) is 4.06. The molecule has 2 aliphatic rings. The number of amides is 1. The molecule has 0 bridgehead atoms. The van der Waals surface area contributed by atoms with Crippen LogP contribution in [0.25, 0.3) is 0 Å². The molecular weight excluding hydrogens is 328 g/mol. The van der Waals surface area contributed by atoms with Crippen LogP contribution < -0.4 is 14.8 Å².